The maximum atomic E-state index is 11.9. The van der Waals surface area contributed by atoms with Crippen molar-refractivity contribution in [3.8, 4) is 23.0 Å². The van der Waals surface area contributed by atoms with E-state index in [2.05, 4.69) is 10.6 Å². The van der Waals surface area contributed by atoms with Crippen molar-refractivity contribution in [2.24, 2.45) is 0 Å². The molecule has 0 saturated carbocycles. The summed E-state index contributed by atoms with van der Waals surface area (Å²) in [5, 5.41) is 5.38. The summed E-state index contributed by atoms with van der Waals surface area (Å²) >= 11 is 0. The fourth-order valence-corrected chi connectivity index (χ4v) is 3.72. The highest BCUT2D eigenvalue weighted by molar-refractivity contribution is 5.89. The number of hydrogen-bond acceptors (Lipinski definition) is 10. The van der Waals surface area contributed by atoms with Gasteiger partial charge in [-0.05, 0) is 89.4 Å². The zero-order chi connectivity index (χ0) is 30.9. The fourth-order valence-electron chi connectivity index (χ4n) is 3.72. The topological polar surface area (TPSA) is 132 Å². The Kier molecular flexibility index (Phi) is 10.8. The Balaban J connectivity index is 0.000000230. The van der Waals surface area contributed by atoms with Crippen LogP contribution in [-0.2, 0) is 25.4 Å². The minimum Gasteiger partial charge on any atom is -0.504 e. The fraction of sp³-hybridized carbons (Fsp3) is 0.467. The number of fused-ring (bicyclic) bond motifs is 2. The Hall–Kier alpha value is -4.32. The van der Waals surface area contributed by atoms with Gasteiger partial charge in [-0.3, -0.25) is 10.6 Å². The molecular formula is C30H40N2O10. The molecule has 2 heterocycles. The summed E-state index contributed by atoms with van der Waals surface area (Å²) in [6.07, 6.45) is 2.94. The monoisotopic (exact) mass is 588 g/mol. The molecule has 2 aromatic carbocycles. The van der Waals surface area contributed by atoms with Gasteiger partial charge >= 0.3 is 12.2 Å². The minimum absolute atomic E-state index is 0.121. The van der Waals surface area contributed by atoms with E-state index in [9.17, 15) is 9.59 Å². The largest absolute Gasteiger partial charge is 0.504 e. The van der Waals surface area contributed by atoms with Gasteiger partial charge in [-0.15, -0.1) is 0 Å². The van der Waals surface area contributed by atoms with Crippen LogP contribution in [0.25, 0.3) is 6.08 Å². The first kappa shape index (κ1) is 32.2. The molecule has 0 radical (unpaired) electrons. The van der Waals surface area contributed by atoms with Gasteiger partial charge in [0.15, 0.2) is 23.0 Å². The SMILES string of the molecule is COC=Cc1cc(NC(=O)OC(C)(C)C)c2c(c1)OCO2.COCCc1cc(NC(=O)OC(C)(C)C)c2c(c1)OCO2. The van der Waals surface area contributed by atoms with Crippen molar-refractivity contribution < 1.29 is 47.5 Å². The molecule has 2 amide bonds. The second-order valence-electron chi connectivity index (χ2n) is 11.2. The van der Waals surface area contributed by atoms with Gasteiger partial charge in [0, 0.05) is 7.11 Å². The predicted octanol–water partition coefficient (Wildman–Crippen LogP) is 6.33. The molecule has 2 aliphatic rings. The van der Waals surface area contributed by atoms with Gasteiger partial charge in [-0.1, -0.05) is 0 Å². The molecule has 0 aliphatic carbocycles. The summed E-state index contributed by atoms with van der Waals surface area (Å²) in [7, 11) is 3.20. The third-order valence-electron chi connectivity index (χ3n) is 5.29. The molecule has 12 nitrogen and oxygen atoms in total. The van der Waals surface area contributed by atoms with Crippen molar-refractivity contribution >= 4 is 29.6 Å². The Bertz CT molecular complexity index is 1280. The molecule has 0 saturated heterocycles. The summed E-state index contributed by atoms with van der Waals surface area (Å²) < 4.78 is 41.9. The normalized spacial score (nSPS) is 13.2. The first-order valence-electron chi connectivity index (χ1n) is 13.3. The highest BCUT2D eigenvalue weighted by atomic mass is 16.7. The lowest BCUT2D eigenvalue weighted by Crippen LogP contribution is -2.27. The summed E-state index contributed by atoms with van der Waals surface area (Å²) in [5.74, 6) is 2.21. The minimum atomic E-state index is -0.571. The van der Waals surface area contributed by atoms with E-state index in [4.69, 9.17) is 37.9 Å². The van der Waals surface area contributed by atoms with Crippen LogP contribution in [-0.4, -0.2) is 57.8 Å². The van der Waals surface area contributed by atoms with Crippen LogP contribution in [0, 0.1) is 0 Å². The number of anilines is 2. The second kappa shape index (κ2) is 14.0. The van der Waals surface area contributed by atoms with E-state index in [0.717, 1.165) is 17.5 Å². The van der Waals surface area contributed by atoms with E-state index < -0.39 is 23.4 Å². The Morgan fingerprint density at radius 2 is 1.31 bits per heavy atom. The number of nitrogens with one attached hydrogen (secondary N) is 2. The lowest BCUT2D eigenvalue weighted by atomic mass is 10.1. The molecule has 0 aromatic heterocycles. The van der Waals surface area contributed by atoms with Crippen molar-refractivity contribution in [2.75, 3.05) is 45.0 Å². The molecular weight excluding hydrogens is 548 g/mol. The maximum absolute atomic E-state index is 11.9. The highest BCUT2D eigenvalue weighted by Crippen LogP contribution is 2.42. The van der Waals surface area contributed by atoms with Crippen molar-refractivity contribution in [3.63, 3.8) is 0 Å². The van der Waals surface area contributed by atoms with E-state index in [-0.39, 0.29) is 13.6 Å². The molecule has 42 heavy (non-hydrogen) atoms. The van der Waals surface area contributed by atoms with Gasteiger partial charge in [0.2, 0.25) is 13.6 Å². The van der Waals surface area contributed by atoms with Crippen molar-refractivity contribution in [2.45, 2.75) is 59.2 Å². The predicted molar refractivity (Wildman–Crippen MR) is 156 cm³/mol. The van der Waals surface area contributed by atoms with Gasteiger partial charge in [0.05, 0.1) is 31.4 Å². The van der Waals surface area contributed by atoms with E-state index in [1.54, 1.807) is 53.2 Å². The molecule has 0 atom stereocenters. The first-order valence-corrected chi connectivity index (χ1v) is 13.3. The smallest absolute Gasteiger partial charge is 0.412 e. The van der Waals surface area contributed by atoms with E-state index in [1.807, 2.05) is 32.9 Å². The number of benzene rings is 2. The van der Waals surface area contributed by atoms with Crippen molar-refractivity contribution in [1.82, 2.24) is 0 Å². The second-order valence-corrected chi connectivity index (χ2v) is 11.2. The average Bonchev–Trinajstić information content (AvgIpc) is 3.54. The Morgan fingerprint density at radius 1 is 0.786 bits per heavy atom. The molecule has 0 bridgehead atoms. The van der Waals surface area contributed by atoms with Crippen LogP contribution in [0.4, 0.5) is 21.0 Å². The average molecular weight is 589 g/mol. The van der Waals surface area contributed by atoms with Crippen LogP contribution >= 0.6 is 0 Å². The molecule has 2 N–H and O–H groups in total. The number of rotatable bonds is 7. The van der Waals surface area contributed by atoms with Crippen LogP contribution in [0.2, 0.25) is 0 Å². The number of methoxy groups -OCH3 is 2. The Labute approximate surface area is 246 Å². The zero-order valence-electron chi connectivity index (χ0n) is 25.4. The van der Waals surface area contributed by atoms with Crippen molar-refractivity contribution in [1.29, 1.82) is 0 Å². The van der Waals surface area contributed by atoms with Gasteiger partial charge in [0.1, 0.15) is 11.2 Å². The maximum Gasteiger partial charge on any atom is 0.412 e. The molecule has 2 aliphatic heterocycles. The number of ether oxygens (including phenoxy) is 8. The molecule has 0 unspecified atom stereocenters. The molecule has 230 valence electrons. The quantitative estimate of drug-likeness (QED) is 0.354. The van der Waals surface area contributed by atoms with Crippen LogP contribution in [0.15, 0.2) is 30.5 Å². The molecule has 2 aromatic rings. The number of carbonyl (C=O) groups is 2. The van der Waals surface area contributed by atoms with Gasteiger partial charge in [-0.25, -0.2) is 9.59 Å². The number of hydrogen-bond donors (Lipinski definition) is 2. The third kappa shape index (κ3) is 9.95. The third-order valence-corrected chi connectivity index (χ3v) is 5.29. The van der Waals surface area contributed by atoms with E-state index >= 15 is 0 Å². The van der Waals surface area contributed by atoms with Crippen LogP contribution in [0.1, 0.15) is 52.7 Å². The number of carbonyl (C=O) groups excluding carboxylic acids is 2. The lowest BCUT2D eigenvalue weighted by Gasteiger charge is -2.20. The Morgan fingerprint density at radius 3 is 1.81 bits per heavy atom. The first-order chi connectivity index (χ1) is 19.8. The van der Waals surface area contributed by atoms with Gasteiger partial charge in [0.25, 0.3) is 0 Å². The standard InChI is InChI=1S/C15H21NO5.C15H19NO5/c2*1-15(2,3)21-14(17)16-11-7-10(5-6-18-4)8-12-13(11)20-9-19-12/h7-8H,5-6,9H2,1-4H3,(H,16,17);5-8H,9H2,1-4H3,(H,16,17). The van der Waals surface area contributed by atoms with Gasteiger partial charge < -0.3 is 37.9 Å². The van der Waals surface area contributed by atoms with Crippen molar-refractivity contribution in [3.05, 3.63) is 41.7 Å². The molecule has 4 rings (SSSR count). The van der Waals surface area contributed by atoms with E-state index in [1.165, 1.54) is 6.26 Å². The van der Waals surface area contributed by atoms with Crippen LogP contribution in [0.3, 0.4) is 0 Å². The lowest BCUT2D eigenvalue weighted by molar-refractivity contribution is 0.0624. The molecule has 0 fully saturated rings. The number of amides is 2. The van der Waals surface area contributed by atoms with Gasteiger partial charge in [-0.2, -0.15) is 0 Å². The summed E-state index contributed by atoms with van der Waals surface area (Å²) in [4.78, 5) is 23.8. The highest BCUT2D eigenvalue weighted by Gasteiger charge is 2.24. The zero-order valence-corrected chi connectivity index (χ0v) is 25.4. The summed E-state index contributed by atoms with van der Waals surface area (Å²) in [6.45, 7) is 11.7. The van der Waals surface area contributed by atoms with Crippen LogP contribution in [0.5, 0.6) is 23.0 Å². The summed E-state index contributed by atoms with van der Waals surface area (Å²) in [6, 6.07) is 7.29. The van der Waals surface area contributed by atoms with Crippen LogP contribution < -0.4 is 29.6 Å². The molecule has 0 spiro atoms. The van der Waals surface area contributed by atoms with E-state index in [0.29, 0.717) is 41.0 Å². The summed E-state index contributed by atoms with van der Waals surface area (Å²) in [5.41, 5.74) is 1.72. The molecule has 12 heteroatoms.